The summed E-state index contributed by atoms with van der Waals surface area (Å²) in [4.78, 5) is 28.6. The minimum Gasteiger partial charge on any atom is -0.412 e. The molecule has 0 aliphatic carbocycles. The van der Waals surface area contributed by atoms with Crippen LogP contribution in [-0.2, 0) is 24.9 Å². The van der Waals surface area contributed by atoms with Crippen LogP contribution in [0.5, 0.6) is 0 Å². The molecule has 7 nitrogen and oxygen atoms in total. The molecule has 0 amide bonds. The monoisotopic (exact) mass is 502 g/mol. The largest absolute Gasteiger partial charge is 0.412 e. The Kier molecular flexibility index (Phi) is 8.64. The van der Waals surface area contributed by atoms with Gasteiger partial charge in [0.05, 0.1) is 12.0 Å². The second-order valence-corrected chi connectivity index (χ2v) is 9.16. The van der Waals surface area contributed by atoms with Crippen molar-refractivity contribution in [3.05, 3.63) is 87.9 Å². The van der Waals surface area contributed by atoms with Crippen molar-refractivity contribution in [3.8, 4) is 0 Å². The SMILES string of the molecule is Cl.O.O=C(c1ccc(F)cc1)C1(c2ccccc2)CCN(CCn2nc3n(c2=O)CCCC3)CC1. The maximum atomic E-state index is 13.7. The van der Waals surface area contributed by atoms with Crippen molar-refractivity contribution in [1.29, 1.82) is 0 Å². The zero-order valence-corrected chi connectivity index (χ0v) is 20.5. The van der Waals surface area contributed by atoms with Crippen LogP contribution < -0.4 is 5.69 Å². The number of Topliss-reactive ketones (excluding diaryl/α,β-unsaturated/α-hetero) is 1. The molecule has 35 heavy (non-hydrogen) atoms. The highest BCUT2D eigenvalue weighted by Gasteiger charge is 2.43. The third-order valence-corrected chi connectivity index (χ3v) is 7.24. The molecule has 0 atom stereocenters. The molecule has 2 aliphatic heterocycles. The van der Waals surface area contributed by atoms with E-state index < -0.39 is 5.41 Å². The van der Waals surface area contributed by atoms with Crippen LogP contribution >= 0.6 is 12.4 Å². The number of hydrogen-bond donors (Lipinski definition) is 0. The van der Waals surface area contributed by atoms with Crippen molar-refractivity contribution < 1.29 is 14.7 Å². The summed E-state index contributed by atoms with van der Waals surface area (Å²) in [6.45, 7) is 3.56. The summed E-state index contributed by atoms with van der Waals surface area (Å²) in [5.74, 6) is 0.607. The van der Waals surface area contributed by atoms with Crippen LogP contribution in [0.25, 0.3) is 0 Å². The standard InChI is InChI=1S/C26H29FN4O2.ClH.H2O/c27-22-11-9-20(10-12-22)24(32)26(21-6-2-1-3-7-21)13-16-29(17-14-26)18-19-31-25(33)30-15-5-4-8-23(30)28-31;;/h1-3,6-7,9-12H,4-5,8,13-19H2;1H;1H2. The van der Waals surface area contributed by atoms with Crippen LogP contribution in [-0.4, -0.2) is 50.1 Å². The molecule has 3 heterocycles. The maximum Gasteiger partial charge on any atom is 0.345 e. The van der Waals surface area contributed by atoms with Gasteiger partial charge in [0, 0.05) is 25.1 Å². The van der Waals surface area contributed by atoms with Crippen LogP contribution in [0.4, 0.5) is 4.39 Å². The van der Waals surface area contributed by atoms with Gasteiger partial charge in [-0.25, -0.2) is 13.9 Å². The van der Waals surface area contributed by atoms with Crippen LogP contribution in [0.1, 0.15) is 47.4 Å². The van der Waals surface area contributed by atoms with Crippen molar-refractivity contribution in [3.63, 3.8) is 0 Å². The van der Waals surface area contributed by atoms with E-state index in [1.54, 1.807) is 16.8 Å². The molecule has 0 radical (unpaired) electrons. The summed E-state index contributed by atoms with van der Waals surface area (Å²) in [5, 5.41) is 4.54. The highest BCUT2D eigenvalue weighted by Crippen LogP contribution is 2.38. The molecule has 2 N–H and O–H groups in total. The lowest BCUT2D eigenvalue weighted by molar-refractivity contribution is 0.0765. The van der Waals surface area contributed by atoms with E-state index in [-0.39, 0.29) is 35.2 Å². The Morgan fingerprint density at radius 1 is 0.943 bits per heavy atom. The van der Waals surface area contributed by atoms with Crippen LogP contribution in [0.3, 0.4) is 0 Å². The third-order valence-electron chi connectivity index (χ3n) is 7.24. The summed E-state index contributed by atoms with van der Waals surface area (Å²) in [6.07, 6.45) is 4.36. The molecule has 1 saturated heterocycles. The van der Waals surface area contributed by atoms with Crippen molar-refractivity contribution in [2.24, 2.45) is 0 Å². The molecule has 2 aliphatic rings. The fraction of sp³-hybridized carbons (Fsp3) is 0.423. The molecule has 2 aromatic carbocycles. The number of carbonyl (C=O) groups is 1. The lowest BCUT2D eigenvalue weighted by Gasteiger charge is -2.41. The Morgan fingerprint density at radius 3 is 2.29 bits per heavy atom. The van der Waals surface area contributed by atoms with E-state index in [0.29, 0.717) is 24.9 Å². The van der Waals surface area contributed by atoms with Crippen molar-refractivity contribution in [2.45, 2.75) is 50.6 Å². The number of carbonyl (C=O) groups excluding carboxylic acids is 1. The van der Waals surface area contributed by atoms with Gasteiger partial charge in [-0.15, -0.1) is 12.4 Å². The Balaban J connectivity index is 0.00000171. The van der Waals surface area contributed by atoms with Gasteiger partial charge < -0.3 is 10.4 Å². The summed E-state index contributed by atoms with van der Waals surface area (Å²) in [7, 11) is 0. The summed E-state index contributed by atoms with van der Waals surface area (Å²) >= 11 is 0. The van der Waals surface area contributed by atoms with Gasteiger partial charge in [0.25, 0.3) is 0 Å². The average molecular weight is 503 g/mol. The molecule has 9 heteroatoms. The van der Waals surface area contributed by atoms with E-state index in [1.807, 2.05) is 34.9 Å². The maximum absolute atomic E-state index is 13.7. The number of ketones is 1. The molecule has 5 rings (SSSR count). The number of piperidine rings is 1. The topological polar surface area (TPSA) is 91.6 Å². The number of hydrogen-bond acceptors (Lipinski definition) is 4. The third kappa shape index (κ3) is 5.24. The Hall–Kier alpha value is -2.81. The van der Waals surface area contributed by atoms with Gasteiger partial charge >= 0.3 is 5.69 Å². The van der Waals surface area contributed by atoms with Crippen LogP contribution in [0.2, 0.25) is 0 Å². The van der Waals surface area contributed by atoms with Crippen molar-refractivity contribution >= 4 is 18.2 Å². The number of nitrogens with zero attached hydrogens (tertiary/aromatic N) is 4. The number of benzene rings is 2. The van der Waals surface area contributed by atoms with Gasteiger partial charge in [-0.1, -0.05) is 30.3 Å². The lowest BCUT2D eigenvalue weighted by Crippen LogP contribution is -2.48. The van der Waals surface area contributed by atoms with Crippen molar-refractivity contribution in [2.75, 3.05) is 19.6 Å². The Morgan fingerprint density at radius 2 is 1.63 bits per heavy atom. The number of fused-ring (bicyclic) bond motifs is 1. The second-order valence-electron chi connectivity index (χ2n) is 9.16. The first-order valence-electron chi connectivity index (χ1n) is 11.8. The number of likely N-dealkylation sites (tertiary alicyclic amines) is 1. The Labute approximate surface area is 210 Å². The zero-order chi connectivity index (χ0) is 22.8. The van der Waals surface area contributed by atoms with Gasteiger partial charge in [-0.2, -0.15) is 5.10 Å². The highest BCUT2D eigenvalue weighted by molar-refractivity contribution is 6.04. The zero-order valence-electron chi connectivity index (χ0n) is 19.7. The molecular formula is C26H32ClFN4O3. The van der Waals surface area contributed by atoms with E-state index in [9.17, 15) is 14.0 Å². The fourth-order valence-electron chi connectivity index (χ4n) is 5.27. The van der Waals surface area contributed by atoms with Gasteiger partial charge in [0.1, 0.15) is 11.6 Å². The van der Waals surface area contributed by atoms with Crippen LogP contribution in [0.15, 0.2) is 59.4 Å². The van der Waals surface area contributed by atoms with E-state index in [2.05, 4.69) is 10.00 Å². The van der Waals surface area contributed by atoms with Gasteiger partial charge in [0.15, 0.2) is 5.78 Å². The summed E-state index contributed by atoms with van der Waals surface area (Å²) < 4.78 is 16.8. The minimum absolute atomic E-state index is 0. The number of aryl methyl sites for hydroxylation is 1. The van der Waals surface area contributed by atoms with Gasteiger partial charge in [0.2, 0.25) is 0 Å². The first kappa shape index (κ1) is 26.8. The molecule has 188 valence electrons. The van der Waals surface area contributed by atoms with Crippen molar-refractivity contribution in [1.82, 2.24) is 19.2 Å². The molecule has 3 aromatic rings. The lowest BCUT2D eigenvalue weighted by atomic mass is 9.68. The van der Waals surface area contributed by atoms with E-state index >= 15 is 0 Å². The first-order chi connectivity index (χ1) is 16.1. The molecule has 0 bridgehead atoms. The van der Waals surface area contributed by atoms with E-state index in [0.717, 1.165) is 56.8 Å². The second kappa shape index (κ2) is 11.3. The molecule has 1 fully saturated rings. The molecule has 0 spiro atoms. The van der Waals surface area contributed by atoms with Gasteiger partial charge in [-0.3, -0.25) is 9.36 Å². The predicted octanol–water partition coefficient (Wildman–Crippen LogP) is 3.03. The average Bonchev–Trinajstić information content (AvgIpc) is 3.19. The number of aromatic nitrogens is 3. The van der Waals surface area contributed by atoms with Gasteiger partial charge in [-0.05, 0) is 68.6 Å². The molecule has 0 unspecified atom stereocenters. The van der Waals surface area contributed by atoms with Crippen LogP contribution in [0, 0.1) is 5.82 Å². The minimum atomic E-state index is -0.625. The van der Waals surface area contributed by atoms with E-state index in [1.165, 1.54) is 12.1 Å². The van der Waals surface area contributed by atoms with E-state index in [4.69, 9.17) is 0 Å². The quantitative estimate of drug-likeness (QED) is 0.484. The summed E-state index contributed by atoms with van der Waals surface area (Å²) in [6, 6.07) is 15.8. The predicted molar refractivity (Wildman–Crippen MR) is 135 cm³/mol. The fourth-order valence-corrected chi connectivity index (χ4v) is 5.27. The molecular weight excluding hydrogens is 471 g/mol. The Bertz CT molecular complexity index is 1190. The number of rotatable bonds is 6. The normalized spacial score (nSPS) is 17.1. The smallest absolute Gasteiger partial charge is 0.345 e. The molecule has 0 saturated carbocycles. The summed E-state index contributed by atoms with van der Waals surface area (Å²) in [5.41, 5.74) is 0.924. The molecule has 1 aromatic heterocycles. The number of halogens is 2. The first-order valence-corrected chi connectivity index (χ1v) is 11.8. The highest BCUT2D eigenvalue weighted by atomic mass is 35.5.